The minimum atomic E-state index is -4.20. The summed E-state index contributed by atoms with van der Waals surface area (Å²) in [6, 6.07) is 2.24. The van der Waals surface area contributed by atoms with Crippen molar-refractivity contribution in [3.8, 4) is 17.4 Å². The Morgan fingerprint density at radius 3 is 2.22 bits per heavy atom. The first kappa shape index (κ1) is 31.4. The lowest BCUT2D eigenvalue weighted by Gasteiger charge is -2.16. The molecule has 0 saturated heterocycles. The molecule has 0 aliphatic rings. The molecule has 1 amide bonds. The van der Waals surface area contributed by atoms with Gasteiger partial charge < -0.3 is 14.8 Å². The molecular formula is C22H30ClF3N4O5S. The minimum absolute atomic E-state index is 0.0625. The van der Waals surface area contributed by atoms with Crippen LogP contribution in [0.5, 0.6) is 17.4 Å². The Hall–Kier alpha value is -2.61. The fourth-order valence-electron chi connectivity index (χ4n) is 2.23. The number of benzene rings is 1. The number of alkyl halides is 1. The number of hydrogen-bond donors (Lipinski definition) is 2. The van der Waals surface area contributed by atoms with E-state index < -0.39 is 44.7 Å². The summed E-state index contributed by atoms with van der Waals surface area (Å²) in [5, 5.41) is 3.05. The third-order valence-electron chi connectivity index (χ3n) is 4.03. The molecule has 0 aliphatic carbocycles. The third kappa shape index (κ3) is 10.2. The Kier molecular flexibility index (Phi) is 11.9. The maximum Gasteiger partial charge on any atom is 0.303 e. The summed E-state index contributed by atoms with van der Waals surface area (Å²) in [6.07, 6.45) is 1.09. The third-order valence-corrected chi connectivity index (χ3v) is 5.71. The first-order valence-electron chi connectivity index (χ1n) is 10.7. The van der Waals surface area contributed by atoms with E-state index in [1.54, 1.807) is 4.72 Å². The van der Waals surface area contributed by atoms with Crippen molar-refractivity contribution in [1.82, 2.24) is 19.3 Å². The summed E-state index contributed by atoms with van der Waals surface area (Å²) >= 11 is 5.98. The van der Waals surface area contributed by atoms with Crippen molar-refractivity contribution >= 4 is 27.7 Å². The zero-order valence-electron chi connectivity index (χ0n) is 20.8. The maximum absolute atomic E-state index is 14.3. The number of carbonyl (C=O) groups is 1. The van der Waals surface area contributed by atoms with Crippen LogP contribution in [-0.2, 0) is 10.2 Å². The fourth-order valence-corrected chi connectivity index (χ4v) is 2.97. The van der Waals surface area contributed by atoms with Gasteiger partial charge in [0.25, 0.3) is 5.91 Å². The van der Waals surface area contributed by atoms with E-state index in [9.17, 15) is 26.4 Å². The smallest absolute Gasteiger partial charge is 0.303 e. The number of amides is 1. The summed E-state index contributed by atoms with van der Waals surface area (Å²) < 4.78 is 78.1. The van der Waals surface area contributed by atoms with E-state index in [-0.39, 0.29) is 23.3 Å². The summed E-state index contributed by atoms with van der Waals surface area (Å²) in [5.41, 5.74) is -2.47. The van der Waals surface area contributed by atoms with E-state index in [2.05, 4.69) is 24.1 Å². The molecule has 0 radical (unpaired) electrons. The van der Waals surface area contributed by atoms with Gasteiger partial charge in [-0.1, -0.05) is 25.4 Å². The van der Waals surface area contributed by atoms with E-state index >= 15 is 0 Å². The topological polar surface area (TPSA) is 110 Å². The Labute approximate surface area is 214 Å². The standard InChI is InChI=1S/C18H19ClF3N3O5S.C4H11N/c1-18(2,22)9-29-17-12(19)5-10(8-23-17)30-15-7-13(20)11(6-14(15)21)16(26)24-31(27,28)25(3)4;1-3-5-4-2/h5-8H,9H2,1-4H3,(H,24,26);5H,3-4H2,1-2H3. The lowest BCUT2D eigenvalue weighted by Crippen LogP contribution is -2.39. The number of ether oxygens (including phenoxy) is 2. The molecule has 0 atom stereocenters. The van der Waals surface area contributed by atoms with Gasteiger partial charge in [0.05, 0.1) is 11.8 Å². The number of hydrogen-bond acceptors (Lipinski definition) is 7. The Bertz CT molecular complexity index is 1140. The highest BCUT2D eigenvalue weighted by Crippen LogP contribution is 2.31. The first-order chi connectivity index (χ1) is 16.6. The van der Waals surface area contributed by atoms with E-state index in [0.29, 0.717) is 16.4 Å². The fraction of sp³-hybridized carbons (Fsp3) is 0.455. The molecule has 36 heavy (non-hydrogen) atoms. The first-order valence-corrected chi connectivity index (χ1v) is 12.5. The van der Waals surface area contributed by atoms with Crippen molar-refractivity contribution in [3.63, 3.8) is 0 Å². The molecule has 0 aliphatic heterocycles. The quantitative estimate of drug-likeness (QED) is 0.455. The molecule has 1 aromatic heterocycles. The van der Waals surface area contributed by atoms with Gasteiger partial charge in [-0.25, -0.2) is 22.9 Å². The van der Waals surface area contributed by atoms with Crippen LogP contribution in [0.4, 0.5) is 13.2 Å². The molecular weight excluding hydrogens is 525 g/mol. The molecule has 9 nitrogen and oxygen atoms in total. The number of nitrogens with zero attached hydrogens (tertiary/aromatic N) is 2. The lowest BCUT2D eigenvalue weighted by atomic mass is 10.2. The van der Waals surface area contributed by atoms with Gasteiger partial charge in [-0.05, 0) is 33.0 Å². The van der Waals surface area contributed by atoms with E-state index in [1.807, 2.05) is 0 Å². The van der Waals surface area contributed by atoms with Crippen molar-refractivity contribution in [2.24, 2.45) is 0 Å². The lowest BCUT2D eigenvalue weighted by molar-refractivity contribution is 0.0975. The molecule has 14 heteroatoms. The minimum Gasteiger partial charge on any atom is -0.473 e. The number of carbonyl (C=O) groups excluding carboxylic acids is 1. The van der Waals surface area contributed by atoms with Crippen LogP contribution in [0.25, 0.3) is 0 Å². The number of halogens is 4. The SMILES string of the molecule is CCNCC.CN(C)S(=O)(=O)NC(=O)c1cc(F)c(Oc2cnc(OCC(C)(C)F)c(Cl)c2)cc1F. The average Bonchev–Trinajstić information content (AvgIpc) is 2.75. The van der Waals surface area contributed by atoms with Crippen LogP contribution in [0.1, 0.15) is 38.1 Å². The average molecular weight is 555 g/mol. The van der Waals surface area contributed by atoms with Gasteiger partial charge in [0.2, 0.25) is 5.88 Å². The predicted octanol–water partition coefficient (Wildman–Crippen LogP) is 4.08. The van der Waals surface area contributed by atoms with E-state index in [0.717, 1.165) is 33.4 Å². The Morgan fingerprint density at radius 2 is 1.75 bits per heavy atom. The van der Waals surface area contributed by atoms with Crippen molar-refractivity contribution in [1.29, 1.82) is 0 Å². The summed E-state index contributed by atoms with van der Waals surface area (Å²) in [5.74, 6) is -4.53. The molecule has 0 saturated carbocycles. The Morgan fingerprint density at radius 1 is 1.14 bits per heavy atom. The maximum atomic E-state index is 14.3. The number of aromatic nitrogens is 1. The van der Waals surface area contributed by atoms with Crippen molar-refractivity contribution in [2.75, 3.05) is 33.8 Å². The molecule has 2 N–H and O–H groups in total. The second kappa shape index (κ2) is 13.6. The van der Waals surface area contributed by atoms with Crippen molar-refractivity contribution < 1.29 is 35.9 Å². The number of rotatable bonds is 10. The van der Waals surface area contributed by atoms with Crippen LogP contribution >= 0.6 is 11.6 Å². The van der Waals surface area contributed by atoms with Crippen LogP contribution in [0.2, 0.25) is 5.02 Å². The number of pyridine rings is 1. The van der Waals surface area contributed by atoms with Crippen LogP contribution < -0.4 is 19.5 Å². The molecule has 0 fully saturated rings. The molecule has 0 bridgehead atoms. The van der Waals surface area contributed by atoms with Gasteiger partial charge >= 0.3 is 10.2 Å². The second-order valence-corrected chi connectivity index (χ2v) is 10.3. The second-order valence-electron chi connectivity index (χ2n) is 8.01. The van der Waals surface area contributed by atoms with Crippen LogP contribution in [0, 0.1) is 11.6 Å². The van der Waals surface area contributed by atoms with Crippen LogP contribution in [0.3, 0.4) is 0 Å². The normalized spacial score (nSPS) is 11.5. The van der Waals surface area contributed by atoms with Crippen molar-refractivity contribution in [3.05, 3.63) is 46.6 Å². The number of nitrogens with one attached hydrogen (secondary N) is 2. The summed E-state index contributed by atoms with van der Waals surface area (Å²) in [4.78, 5) is 15.8. The Balaban J connectivity index is 0.00000118. The molecule has 2 aromatic rings. The molecule has 0 unspecified atom stereocenters. The van der Waals surface area contributed by atoms with Gasteiger partial charge in [0, 0.05) is 26.2 Å². The monoisotopic (exact) mass is 554 g/mol. The van der Waals surface area contributed by atoms with Crippen LogP contribution in [-0.4, -0.2) is 63.1 Å². The zero-order valence-corrected chi connectivity index (χ0v) is 22.4. The molecule has 0 spiro atoms. The summed E-state index contributed by atoms with van der Waals surface area (Å²) in [6.45, 7) is 8.68. The largest absolute Gasteiger partial charge is 0.473 e. The van der Waals surface area contributed by atoms with E-state index in [4.69, 9.17) is 21.1 Å². The molecule has 2 rings (SSSR count). The highest BCUT2D eigenvalue weighted by Gasteiger charge is 2.23. The zero-order chi connectivity index (χ0) is 27.7. The highest BCUT2D eigenvalue weighted by molar-refractivity contribution is 7.87. The molecule has 1 heterocycles. The van der Waals surface area contributed by atoms with Crippen LogP contribution in [0.15, 0.2) is 24.4 Å². The summed E-state index contributed by atoms with van der Waals surface area (Å²) in [7, 11) is -1.90. The molecule has 1 aromatic carbocycles. The molecule has 202 valence electrons. The van der Waals surface area contributed by atoms with Gasteiger partial charge in [-0.3, -0.25) is 4.79 Å². The van der Waals surface area contributed by atoms with Gasteiger partial charge in [-0.15, -0.1) is 0 Å². The highest BCUT2D eigenvalue weighted by atomic mass is 35.5. The predicted molar refractivity (Wildman–Crippen MR) is 131 cm³/mol. The van der Waals surface area contributed by atoms with Gasteiger partial charge in [0.1, 0.15) is 28.9 Å². The van der Waals surface area contributed by atoms with E-state index in [1.165, 1.54) is 19.9 Å². The van der Waals surface area contributed by atoms with Gasteiger partial charge in [-0.2, -0.15) is 12.7 Å². The van der Waals surface area contributed by atoms with Crippen molar-refractivity contribution in [2.45, 2.75) is 33.4 Å². The van der Waals surface area contributed by atoms with Gasteiger partial charge in [0.15, 0.2) is 11.6 Å².